The van der Waals surface area contributed by atoms with Gasteiger partial charge in [-0.05, 0) is 32.6 Å². The second-order valence-corrected chi connectivity index (χ2v) is 5.59. The van der Waals surface area contributed by atoms with Crippen molar-refractivity contribution >= 4 is 0 Å². The smallest absolute Gasteiger partial charge is 0.0641 e. The SMILES string of the molecule is COCC(C)(C)N1CCNC(C2CC2)C1. The molecule has 0 spiro atoms. The Hall–Kier alpha value is -0.120. The van der Waals surface area contributed by atoms with Gasteiger partial charge in [0.1, 0.15) is 0 Å². The molecule has 1 aliphatic heterocycles. The minimum Gasteiger partial charge on any atom is -0.383 e. The molecule has 0 radical (unpaired) electrons. The molecule has 88 valence electrons. The van der Waals surface area contributed by atoms with Crippen LogP contribution in [-0.4, -0.2) is 49.8 Å². The molecule has 1 unspecified atom stereocenters. The zero-order valence-electron chi connectivity index (χ0n) is 10.3. The van der Waals surface area contributed by atoms with Crippen LogP contribution in [0.15, 0.2) is 0 Å². The van der Waals surface area contributed by atoms with Gasteiger partial charge in [0.25, 0.3) is 0 Å². The third-order valence-electron chi connectivity index (χ3n) is 3.75. The molecule has 2 rings (SSSR count). The first-order valence-electron chi connectivity index (χ1n) is 6.11. The molecule has 2 fully saturated rings. The molecule has 1 atom stereocenters. The van der Waals surface area contributed by atoms with Gasteiger partial charge in [-0.3, -0.25) is 4.90 Å². The molecule has 0 aromatic carbocycles. The molecule has 1 saturated carbocycles. The van der Waals surface area contributed by atoms with Gasteiger partial charge in [0.05, 0.1) is 6.61 Å². The Morgan fingerprint density at radius 3 is 2.73 bits per heavy atom. The normalized spacial score (nSPS) is 29.4. The predicted molar refractivity (Wildman–Crippen MR) is 62.0 cm³/mol. The standard InChI is InChI=1S/C12H24N2O/c1-12(2,9-15-3)14-7-6-13-11(8-14)10-4-5-10/h10-11,13H,4-9H2,1-3H3. The molecule has 1 saturated heterocycles. The van der Waals surface area contributed by atoms with E-state index in [0.717, 1.165) is 31.7 Å². The Kier molecular flexibility index (Phi) is 3.33. The Labute approximate surface area is 93.2 Å². The number of nitrogens with zero attached hydrogens (tertiary/aromatic N) is 1. The minimum atomic E-state index is 0.185. The zero-order valence-corrected chi connectivity index (χ0v) is 10.3. The van der Waals surface area contributed by atoms with Crippen LogP contribution >= 0.6 is 0 Å². The van der Waals surface area contributed by atoms with Crippen molar-refractivity contribution in [3.63, 3.8) is 0 Å². The van der Waals surface area contributed by atoms with Crippen LogP contribution < -0.4 is 5.32 Å². The number of ether oxygens (including phenoxy) is 1. The third-order valence-corrected chi connectivity index (χ3v) is 3.75. The number of piperazine rings is 1. The molecule has 15 heavy (non-hydrogen) atoms. The van der Waals surface area contributed by atoms with E-state index in [2.05, 4.69) is 24.1 Å². The molecule has 0 aromatic heterocycles. The molecule has 0 bridgehead atoms. The first-order chi connectivity index (χ1) is 7.13. The second kappa shape index (κ2) is 4.40. The van der Waals surface area contributed by atoms with Gasteiger partial charge in [0.2, 0.25) is 0 Å². The van der Waals surface area contributed by atoms with Crippen molar-refractivity contribution in [3.8, 4) is 0 Å². The average Bonchev–Trinajstić information content (AvgIpc) is 3.01. The highest BCUT2D eigenvalue weighted by Gasteiger charge is 2.37. The van der Waals surface area contributed by atoms with Gasteiger partial charge < -0.3 is 10.1 Å². The van der Waals surface area contributed by atoms with Crippen LogP contribution in [-0.2, 0) is 4.74 Å². The molecule has 3 nitrogen and oxygen atoms in total. The van der Waals surface area contributed by atoms with E-state index >= 15 is 0 Å². The van der Waals surface area contributed by atoms with E-state index in [1.54, 1.807) is 7.11 Å². The van der Waals surface area contributed by atoms with E-state index < -0.39 is 0 Å². The van der Waals surface area contributed by atoms with Crippen LogP contribution in [0.5, 0.6) is 0 Å². The Bertz CT molecular complexity index is 214. The zero-order chi connectivity index (χ0) is 10.9. The van der Waals surface area contributed by atoms with E-state index in [-0.39, 0.29) is 5.54 Å². The number of nitrogens with one attached hydrogen (secondary N) is 1. The van der Waals surface area contributed by atoms with Gasteiger partial charge in [-0.25, -0.2) is 0 Å². The maximum atomic E-state index is 5.31. The van der Waals surface area contributed by atoms with Crippen molar-refractivity contribution < 1.29 is 4.74 Å². The van der Waals surface area contributed by atoms with Gasteiger partial charge in [-0.15, -0.1) is 0 Å². The molecule has 0 amide bonds. The van der Waals surface area contributed by atoms with E-state index in [4.69, 9.17) is 4.74 Å². The van der Waals surface area contributed by atoms with Crippen LogP contribution in [0.4, 0.5) is 0 Å². The highest BCUT2D eigenvalue weighted by Crippen LogP contribution is 2.34. The molecular formula is C12H24N2O. The van der Waals surface area contributed by atoms with Crippen molar-refractivity contribution in [2.24, 2.45) is 5.92 Å². The number of methoxy groups -OCH3 is 1. The van der Waals surface area contributed by atoms with Crippen molar-refractivity contribution in [1.29, 1.82) is 0 Å². The van der Waals surface area contributed by atoms with Gasteiger partial charge in [-0.2, -0.15) is 0 Å². The number of rotatable bonds is 4. The Morgan fingerprint density at radius 1 is 1.40 bits per heavy atom. The van der Waals surface area contributed by atoms with Gasteiger partial charge in [-0.1, -0.05) is 0 Å². The van der Waals surface area contributed by atoms with Crippen LogP contribution in [0, 0.1) is 5.92 Å². The predicted octanol–water partition coefficient (Wildman–Crippen LogP) is 1.10. The summed E-state index contributed by atoms with van der Waals surface area (Å²) in [6.45, 7) is 8.87. The lowest BCUT2D eigenvalue weighted by atomic mass is 10.00. The average molecular weight is 212 g/mol. The summed E-state index contributed by atoms with van der Waals surface area (Å²) in [6, 6.07) is 0.731. The Morgan fingerprint density at radius 2 is 2.13 bits per heavy atom. The largest absolute Gasteiger partial charge is 0.383 e. The molecule has 1 heterocycles. The third kappa shape index (κ3) is 2.71. The lowest BCUT2D eigenvalue weighted by molar-refractivity contribution is 0.0138. The molecule has 3 heteroatoms. The molecule has 2 aliphatic rings. The van der Waals surface area contributed by atoms with Crippen LogP contribution in [0.25, 0.3) is 0 Å². The summed E-state index contributed by atoms with van der Waals surface area (Å²) in [5.74, 6) is 0.950. The van der Waals surface area contributed by atoms with Gasteiger partial charge in [0, 0.05) is 38.3 Å². The van der Waals surface area contributed by atoms with Crippen molar-refractivity contribution in [2.45, 2.75) is 38.3 Å². The summed E-state index contributed by atoms with van der Waals surface area (Å²) in [4.78, 5) is 2.58. The van der Waals surface area contributed by atoms with Crippen LogP contribution in [0.3, 0.4) is 0 Å². The Balaban J connectivity index is 1.90. The van der Waals surface area contributed by atoms with Gasteiger partial charge >= 0.3 is 0 Å². The van der Waals surface area contributed by atoms with Crippen LogP contribution in [0.2, 0.25) is 0 Å². The fourth-order valence-corrected chi connectivity index (χ4v) is 2.59. The summed E-state index contributed by atoms with van der Waals surface area (Å²) < 4.78 is 5.31. The van der Waals surface area contributed by atoms with Crippen molar-refractivity contribution in [3.05, 3.63) is 0 Å². The van der Waals surface area contributed by atoms with Crippen LogP contribution in [0.1, 0.15) is 26.7 Å². The highest BCUT2D eigenvalue weighted by atomic mass is 16.5. The van der Waals surface area contributed by atoms with E-state index in [1.165, 1.54) is 19.4 Å². The first-order valence-corrected chi connectivity index (χ1v) is 6.11. The number of hydrogen-bond acceptors (Lipinski definition) is 3. The molecule has 0 aromatic rings. The fraction of sp³-hybridized carbons (Fsp3) is 1.00. The maximum absolute atomic E-state index is 5.31. The van der Waals surface area contributed by atoms with E-state index in [9.17, 15) is 0 Å². The van der Waals surface area contributed by atoms with E-state index in [1.807, 2.05) is 0 Å². The fourth-order valence-electron chi connectivity index (χ4n) is 2.59. The minimum absolute atomic E-state index is 0.185. The number of hydrogen-bond donors (Lipinski definition) is 1. The quantitative estimate of drug-likeness (QED) is 0.755. The maximum Gasteiger partial charge on any atom is 0.0641 e. The molecule has 1 aliphatic carbocycles. The van der Waals surface area contributed by atoms with E-state index in [0.29, 0.717) is 0 Å². The lowest BCUT2D eigenvalue weighted by Crippen LogP contribution is -2.59. The molecule has 1 N–H and O–H groups in total. The summed E-state index contributed by atoms with van der Waals surface area (Å²) in [5.41, 5.74) is 0.185. The second-order valence-electron chi connectivity index (χ2n) is 5.59. The summed E-state index contributed by atoms with van der Waals surface area (Å²) in [5, 5.41) is 3.64. The summed E-state index contributed by atoms with van der Waals surface area (Å²) in [6.07, 6.45) is 2.85. The lowest BCUT2D eigenvalue weighted by Gasteiger charge is -2.43. The topological polar surface area (TPSA) is 24.5 Å². The van der Waals surface area contributed by atoms with Crippen molar-refractivity contribution in [2.75, 3.05) is 33.4 Å². The summed E-state index contributed by atoms with van der Waals surface area (Å²) in [7, 11) is 1.79. The van der Waals surface area contributed by atoms with Gasteiger partial charge in [0.15, 0.2) is 0 Å². The monoisotopic (exact) mass is 212 g/mol. The molecular weight excluding hydrogens is 188 g/mol. The first kappa shape index (κ1) is 11.4. The van der Waals surface area contributed by atoms with Crippen molar-refractivity contribution in [1.82, 2.24) is 10.2 Å². The highest BCUT2D eigenvalue weighted by molar-refractivity contribution is 4.95. The summed E-state index contributed by atoms with van der Waals surface area (Å²) >= 11 is 0.